The summed E-state index contributed by atoms with van der Waals surface area (Å²) in [6.45, 7) is 4.04. The molecule has 0 saturated carbocycles. The Morgan fingerprint density at radius 3 is 2.70 bits per heavy atom. The number of nitrogens with one attached hydrogen (secondary N) is 1. The highest BCUT2D eigenvalue weighted by Gasteiger charge is 2.22. The average Bonchev–Trinajstić information content (AvgIpc) is 3.28. The lowest BCUT2D eigenvalue weighted by Crippen LogP contribution is -2.35. The molecule has 1 aliphatic heterocycles. The smallest absolute Gasteiger partial charge is 0.257 e. The normalized spacial score (nSPS) is 16.3. The number of piperidine rings is 1. The van der Waals surface area contributed by atoms with Crippen molar-refractivity contribution < 1.29 is 9.59 Å². The van der Waals surface area contributed by atoms with Crippen LogP contribution in [0.25, 0.3) is 5.69 Å². The van der Waals surface area contributed by atoms with Gasteiger partial charge >= 0.3 is 0 Å². The number of carbonyl (C=O) groups excluding carboxylic acids is 2. The van der Waals surface area contributed by atoms with E-state index in [4.69, 9.17) is 5.73 Å². The summed E-state index contributed by atoms with van der Waals surface area (Å²) in [4.78, 5) is 27.2. The second-order valence-electron chi connectivity index (χ2n) is 7.71. The Kier molecular flexibility index (Phi) is 5.52. The SMILES string of the molecule is C[C@@H]1CCCN(c2ccc(C(N)=O)cc2NC(=O)c2ccccc2-n2cccn2)C1. The molecule has 1 aromatic heterocycles. The van der Waals surface area contributed by atoms with E-state index in [1.807, 2.05) is 24.3 Å². The molecule has 0 spiro atoms. The maximum atomic E-state index is 13.2. The van der Waals surface area contributed by atoms with Crippen LogP contribution in [0.2, 0.25) is 0 Å². The molecule has 1 aliphatic rings. The van der Waals surface area contributed by atoms with Crippen LogP contribution in [0.1, 0.15) is 40.5 Å². The van der Waals surface area contributed by atoms with E-state index in [0.29, 0.717) is 28.4 Å². The molecule has 2 aromatic carbocycles. The van der Waals surface area contributed by atoms with Crippen molar-refractivity contribution in [3.05, 3.63) is 72.1 Å². The van der Waals surface area contributed by atoms with Gasteiger partial charge in [0.2, 0.25) is 5.91 Å². The number of anilines is 2. The van der Waals surface area contributed by atoms with Crippen molar-refractivity contribution in [3.63, 3.8) is 0 Å². The van der Waals surface area contributed by atoms with Gasteiger partial charge in [0, 0.05) is 31.0 Å². The highest BCUT2D eigenvalue weighted by molar-refractivity contribution is 6.09. The molecular weight excluding hydrogens is 378 g/mol. The first kappa shape index (κ1) is 19.7. The molecule has 2 heterocycles. The summed E-state index contributed by atoms with van der Waals surface area (Å²) < 4.78 is 1.65. The molecule has 0 unspecified atom stereocenters. The molecule has 0 radical (unpaired) electrons. The zero-order valence-electron chi connectivity index (χ0n) is 16.9. The highest BCUT2D eigenvalue weighted by atomic mass is 16.2. The van der Waals surface area contributed by atoms with Crippen molar-refractivity contribution in [3.8, 4) is 5.69 Å². The lowest BCUT2D eigenvalue weighted by atomic mass is 9.99. The number of para-hydroxylation sites is 1. The van der Waals surface area contributed by atoms with E-state index >= 15 is 0 Å². The van der Waals surface area contributed by atoms with Gasteiger partial charge in [0.1, 0.15) is 0 Å². The second kappa shape index (κ2) is 8.41. The summed E-state index contributed by atoms with van der Waals surface area (Å²) in [6, 6.07) is 14.3. The van der Waals surface area contributed by atoms with Crippen LogP contribution in [0.3, 0.4) is 0 Å². The minimum absolute atomic E-state index is 0.269. The van der Waals surface area contributed by atoms with Crippen molar-refractivity contribution in [2.24, 2.45) is 11.7 Å². The zero-order chi connectivity index (χ0) is 21.1. The largest absolute Gasteiger partial charge is 0.370 e. The first-order chi connectivity index (χ1) is 14.5. The van der Waals surface area contributed by atoms with Gasteiger partial charge in [-0.3, -0.25) is 9.59 Å². The molecule has 0 aliphatic carbocycles. The molecule has 7 nitrogen and oxygen atoms in total. The fourth-order valence-electron chi connectivity index (χ4n) is 3.94. The van der Waals surface area contributed by atoms with Crippen LogP contribution in [-0.2, 0) is 0 Å². The molecule has 7 heteroatoms. The van der Waals surface area contributed by atoms with Crippen molar-refractivity contribution in [1.29, 1.82) is 0 Å². The number of amides is 2. The lowest BCUT2D eigenvalue weighted by molar-refractivity contribution is 0.0996. The van der Waals surface area contributed by atoms with Gasteiger partial charge in [-0.15, -0.1) is 0 Å². The molecule has 0 bridgehead atoms. The van der Waals surface area contributed by atoms with Crippen LogP contribution in [0, 0.1) is 5.92 Å². The van der Waals surface area contributed by atoms with Crippen LogP contribution in [0.4, 0.5) is 11.4 Å². The summed E-state index contributed by atoms with van der Waals surface area (Å²) in [5.74, 6) is -0.228. The topological polar surface area (TPSA) is 93.3 Å². The minimum atomic E-state index is -0.527. The van der Waals surface area contributed by atoms with Gasteiger partial charge in [0.15, 0.2) is 0 Å². The van der Waals surface area contributed by atoms with Gasteiger partial charge in [-0.2, -0.15) is 5.10 Å². The van der Waals surface area contributed by atoms with E-state index in [1.54, 1.807) is 41.3 Å². The Morgan fingerprint density at radius 2 is 1.97 bits per heavy atom. The number of aromatic nitrogens is 2. The predicted octanol–water partition coefficient (Wildman–Crippen LogP) is 3.46. The predicted molar refractivity (Wildman–Crippen MR) is 117 cm³/mol. The minimum Gasteiger partial charge on any atom is -0.370 e. The highest BCUT2D eigenvalue weighted by Crippen LogP contribution is 2.31. The third kappa shape index (κ3) is 4.05. The molecule has 4 rings (SSSR count). The van der Waals surface area contributed by atoms with E-state index in [9.17, 15) is 9.59 Å². The van der Waals surface area contributed by atoms with Crippen LogP contribution < -0.4 is 16.0 Å². The Bertz CT molecular complexity index is 1060. The van der Waals surface area contributed by atoms with Crippen LogP contribution in [-0.4, -0.2) is 34.7 Å². The summed E-state index contributed by atoms with van der Waals surface area (Å²) in [5, 5.41) is 7.25. The molecule has 1 saturated heterocycles. The van der Waals surface area contributed by atoms with Crippen LogP contribution in [0.15, 0.2) is 60.9 Å². The van der Waals surface area contributed by atoms with Gasteiger partial charge in [0.25, 0.3) is 5.91 Å². The van der Waals surface area contributed by atoms with E-state index in [-0.39, 0.29) is 5.91 Å². The monoisotopic (exact) mass is 403 g/mol. The fraction of sp³-hybridized carbons (Fsp3) is 0.261. The van der Waals surface area contributed by atoms with Crippen molar-refractivity contribution in [2.75, 3.05) is 23.3 Å². The second-order valence-corrected chi connectivity index (χ2v) is 7.71. The fourth-order valence-corrected chi connectivity index (χ4v) is 3.94. The van der Waals surface area contributed by atoms with Crippen LogP contribution >= 0.6 is 0 Å². The van der Waals surface area contributed by atoms with Crippen molar-refractivity contribution in [1.82, 2.24) is 9.78 Å². The van der Waals surface area contributed by atoms with E-state index in [0.717, 1.165) is 25.2 Å². The Hall–Kier alpha value is -3.61. The Morgan fingerprint density at radius 1 is 1.13 bits per heavy atom. The van der Waals surface area contributed by atoms with Gasteiger partial charge < -0.3 is 16.0 Å². The van der Waals surface area contributed by atoms with Gasteiger partial charge in [-0.1, -0.05) is 19.1 Å². The molecule has 2 amide bonds. The molecule has 3 aromatic rings. The first-order valence-electron chi connectivity index (χ1n) is 10.1. The van der Waals surface area contributed by atoms with E-state index < -0.39 is 5.91 Å². The third-order valence-corrected chi connectivity index (χ3v) is 5.43. The number of hydrogen-bond acceptors (Lipinski definition) is 4. The molecule has 1 fully saturated rings. The number of hydrogen-bond donors (Lipinski definition) is 2. The number of primary amides is 1. The molecular formula is C23H25N5O2. The summed E-state index contributed by atoms with van der Waals surface area (Å²) >= 11 is 0. The van der Waals surface area contributed by atoms with Gasteiger partial charge in [-0.05, 0) is 55.2 Å². The van der Waals surface area contributed by atoms with Gasteiger partial charge in [-0.25, -0.2) is 4.68 Å². The number of nitrogens with two attached hydrogens (primary N) is 1. The number of carbonyl (C=O) groups is 2. The van der Waals surface area contributed by atoms with E-state index in [2.05, 4.69) is 22.2 Å². The molecule has 30 heavy (non-hydrogen) atoms. The average molecular weight is 403 g/mol. The maximum Gasteiger partial charge on any atom is 0.257 e. The van der Waals surface area contributed by atoms with Crippen molar-refractivity contribution in [2.45, 2.75) is 19.8 Å². The van der Waals surface area contributed by atoms with E-state index in [1.165, 1.54) is 6.42 Å². The standard InChI is InChI=1S/C23H25N5O2/c1-16-6-4-12-27(15-16)21-10-9-17(22(24)29)14-19(21)26-23(30)18-7-2-3-8-20(18)28-13-5-11-25-28/h2-3,5,7-11,13-14,16H,4,6,12,15H2,1H3,(H2,24,29)(H,26,30)/t16-/m1/s1. The van der Waals surface area contributed by atoms with Gasteiger partial charge in [0.05, 0.1) is 22.6 Å². The molecule has 1 atom stereocenters. The molecule has 3 N–H and O–H groups in total. The summed E-state index contributed by atoms with van der Waals surface area (Å²) in [7, 11) is 0. The molecule has 154 valence electrons. The zero-order valence-corrected chi connectivity index (χ0v) is 16.9. The Balaban J connectivity index is 1.69. The first-order valence-corrected chi connectivity index (χ1v) is 10.1. The summed E-state index contributed by atoms with van der Waals surface area (Å²) in [5.41, 5.74) is 8.50. The maximum absolute atomic E-state index is 13.2. The lowest BCUT2D eigenvalue weighted by Gasteiger charge is -2.34. The third-order valence-electron chi connectivity index (χ3n) is 5.43. The Labute approximate surface area is 175 Å². The number of nitrogens with zero attached hydrogens (tertiary/aromatic N) is 3. The summed E-state index contributed by atoms with van der Waals surface area (Å²) in [6.07, 6.45) is 5.74. The quantitative estimate of drug-likeness (QED) is 0.682. The number of rotatable bonds is 5. The van der Waals surface area contributed by atoms with Crippen molar-refractivity contribution >= 4 is 23.2 Å². The number of benzene rings is 2. The van der Waals surface area contributed by atoms with Crippen LogP contribution in [0.5, 0.6) is 0 Å².